The summed E-state index contributed by atoms with van der Waals surface area (Å²) in [7, 11) is -2.45. The second kappa shape index (κ2) is 10.0. The third kappa shape index (κ3) is 6.79. The molecule has 0 saturated carbocycles. The molecule has 1 aliphatic heterocycles. The van der Waals surface area contributed by atoms with Gasteiger partial charge in [0.05, 0.1) is 17.7 Å². The van der Waals surface area contributed by atoms with Gasteiger partial charge >= 0.3 is 6.09 Å². The minimum atomic E-state index is -2.45. The lowest BCUT2D eigenvalue weighted by atomic mass is 10.1. The van der Waals surface area contributed by atoms with Crippen LogP contribution in [0.15, 0.2) is 36.7 Å². The number of anilines is 3. The van der Waals surface area contributed by atoms with Crippen molar-refractivity contribution < 1.29 is 22.9 Å². The Labute approximate surface area is 216 Å². The third-order valence-electron chi connectivity index (χ3n) is 5.56. The first-order chi connectivity index (χ1) is 17.3. The largest absolute Gasteiger partial charge is 0.486 e. The summed E-state index contributed by atoms with van der Waals surface area (Å²) in [5.74, 6) is 4.01. The Balaban J connectivity index is 1.57. The number of hydrogen-bond donors (Lipinski definition) is 2. The molecule has 0 spiro atoms. The Morgan fingerprint density at radius 1 is 1.24 bits per heavy atom. The van der Waals surface area contributed by atoms with Crippen LogP contribution in [0.5, 0.6) is 5.75 Å². The zero-order chi connectivity index (χ0) is 27.0. The molecule has 37 heavy (non-hydrogen) atoms. The van der Waals surface area contributed by atoms with Gasteiger partial charge in [-0.1, -0.05) is 0 Å². The Morgan fingerprint density at radius 2 is 2.00 bits per heavy atom. The number of nitrogens with zero attached hydrogens (tertiary/aromatic N) is 3. The van der Waals surface area contributed by atoms with Gasteiger partial charge in [0.15, 0.2) is 0 Å². The zero-order valence-corrected chi connectivity index (χ0v) is 22.4. The van der Waals surface area contributed by atoms with Crippen molar-refractivity contribution in [2.45, 2.75) is 45.8 Å². The number of aromatic nitrogens is 2. The summed E-state index contributed by atoms with van der Waals surface area (Å²) in [5.41, 5.74) is 2.05. The van der Waals surface area contributed by atoms with E-state index in [0.717, 1.165) is 10.9 Å². The molecule has 2 heterocycles. The van der Waals surface area contributed by atoms with Crippen molar-refractivity contribution in [2.24, 2.45) is 0 Å². The molecule has 1 saturated heterocycles. The molecule has 2 unspecified atom stereocenters. The lowest BCUT2D eigenvalue weighted by Crippen LogP contribution is -2.36. The van der Waals surface area contributed by atoms with Crippen molar-refractivity contribution in [3.05, 3.63) is 48.0 Å². The molecule has 0 aliphatic carbocycles. The van der Waals surface area contributed by atoms with E-state index in [-0.39, 0.29) is 6.10 Å². The van der Waals surface area contributed by atoms with Crippen LogP contribution in [-0.2, 0) is 14.4 Å². The fourth-order valence-electron chi connectivity index (χ4n) is 4.12. The van der Waals surface area contributed by atoms with Crippen LogP contribution in [0.4, 0.5) is 26.4 Å². The number of benzene rings is 2. The van der Waals surface area contributed by atoms with E-state index in [1.54, 1.807) is 17.0 Å². The summed E-state index contributed by atoms with van der Waals surface area (Å²) in [5, 5.41) is 4.01. The number of hydrogen-bond acceptors (Lipinski definition) is 7. The van der Waals surface area contributed by atoms with Crippen molar-refractivity contribution in [3.63, 3.8) is 0 Å². The Morgan fingerprint density at radius 3 is 2.70 bits per heavy atom. The average molecular weight is 530 g/mol. The van der Waals surface area contributed by atoms with E-state index >= 15 is 0 Å². The zero-order valence-electron chi connectivity index (χ0n) is 21.6. The van der Waals surface area contributed by atoms with Gasteiger partial charge < -0.3 is 24.4 Å². The van der Waals surface area contributed by atoms with E-state index in [2.05, 4.69) is 25.9 Å². The lowest BCUT2D eigenvalue weighted by Gasteiger charge is -2.24. The molecule has 198 valence electrons. The maximum Gasteiger partial charge on any atom is 0.410 e. The van der Waals surface area contributed by atoms with Gasteiger partial charge in [0.2, 0.25) is 0 Å². The van der Waals surface area contributed by atoms with Crippen LogP contribution in [0.2, 0.25) is 0 Å². The van der Waals surface area contributed by atoms with Gasteiger partial charge in [-0.05, 0) is 63.4 Å². The number of fused-ring (bicyclic) bond motifs is 1. The van der Waals surface area contributed by atoms with E-state index in [0.29, 0.717) is 48.0 Å². The van der Waals surface area contributed by atoms with Crippen molar-refractivity contribution in [1.82, 2.24) is 14.9 Å². The van der Waals surface area contributed by atoms with Crippen molar-refractivity contribution in [3.8, 4) is 5.75 Å². The standard InChI is InChI=1S/C26H32FN5O4S/c1-16-11-18(31-37(5,6)34)13-21-23(16)24(29-15-28-21)30-20-8-7-17(27)12-22(20)35-19-9-10-32(14-19)25(33)36-26(2,3)4/h7-8,11-13,15,19H,5,9-10,14H2,1-4,6H3,(H,31,34)(H,28,29,30). The molecule has 1 fully saturated rings. The van der Waals surface area contributed by atoms with Crippen LogP contribution >= 0.6 is 0 Å². The lowest BCUT2D eigenvalue weighted by molar-refractivity contribution is 0.0275. The van der Waals surface area contributed by atoms with Crippen LogP contribution in [0.25, 0.3) is 10.9 Å². The minimum absolute atomic E-state index is 0.307. The van der Waals surface area contributed by atoms with Gasteiger partial charge in [-0.3, -0.25) is 0 Å². The topological polar surface area (TPSA) is 106 Å². The highest BCUT2D eigenvalue weighted by Crippen LogP contribution is 2.34. The molecule has 1 aliphatic rings. The summed E-state index contributed by atoms with van der Waals surface area (Å²) in [6.45, 7) is 8.17. The SMILES string of the molecule is C=S(C)(=O)Nc1cc(C)c2c(Nc3ccc(F)cc3OC3CCN(C(=O)OC(C)(C)C)C3)ncnc2c1. The number of halogens is 1. The summed E-state index contributed by atoms with van der Waals surface area (Å²) >= 11 is 0. The third-order valence-corrected chi connectivity index (χ3v) is 6.22. The number of carbonyl (C=O) groups is 1. The maximum absolute atomic E-state index is 14.2. The molecule has 0 bridgehead atoms. The Hall–Kier alpha value is -3.60. The van der Waals surface area contributed by atoms with Crippen LogP contribution in [0.1, 0.15) is 32.8 Å². The monoisotopic (exact) mass is 529 g/mol. The number of aryl methyl sites for hydroxylation is 1. The van der Waals surface area contributed by atoms with Crippen LogP contribution in [0, 0.1) is 12.7 Å². The highest BCUT2D eigenvalue weighted by atomic mass is 32.2. The second-order valence-corrected chi connectivity index (χ2v) is 12.5. The fraction of sp³-hybridized carbons (Fsp3) is 0.385. The molecule has 2 atom stereocenters. The first-order valence-electron chi connectivity index (χ1n) is 11.8. The maximum atomic E-state index is 14.2. The summed E-state index contributed by atoms with van der Waals surface area (Å²) in [4.78, 5) is 22.8. The normalized spacial score (nSPS) is 17.4. The first-order valence-corrected chi connectivity index (χ1v) is 14.0. The summed E-state index contributed by atoms with van der Waals surface area (Å²) < 4.78 is 40.8. The molecule has 9 nitrogen and oxygen atoms in total. The van der Waals surface area contributed by atoms with E-state index in [1.807, 2.05) is 33.8 Å². The average Bonchev–Trinajstić information content (AvgIpc) is 3.22. The second-order valence-electron chi connectivity index (χ2n) is 10.2. The van der Waals surface area contributed by atoms with E-state index in [1.165, 1.54) is 24.7 Å². The highest BCUT2D eigenvalue weighted by Gasteiger charge is 2.31. The quantitative estimate of drug-likeness (QED) is 0.438. The molecule has 1 aromatic heterocycles. The molecular formula is C26H32FN5O4S. The van der Waals surface area contributed by atoms with Crippen molar-refractivity contribution >= 4 is 49.8 Å². The van der Waals surface area contributed by atoms with Crippen LogP contribution in [0.3, 0.4) is 0 Å². The van der Waals surface area contributed by atoms with E-state index in [4.69, 9.17) is 9.47 Å². The number of amides is 1. The Bertz CT molecular complexity index is 1440. The van der Waals surface area contributed by atoms with Crippen LogP contribution < -0.4 is 14.8 Å². The highest BCUT2D eigenvalue weighted by molar-refractivity contribution is 8.00. The van der Waals surface area contributed by atoms with Gasteiger partial charge in [-0.2, -0.15) is 0 Å². The smallest absolute Gasteiger partial charge is 0.410 e. The number of likely N-dealkylation sites (tertiary alicyclic amines) is 1. The molecule has 1 amide bonds. The molecule has 4 rings (SSSR count). The first kappa shape index (κ1) is 26.5. The molecule has 2 N–H and O–H groups in total. The molecule has 2 aromatic carbocycles. The van der Waals surface area contributed by atoms with Crippen LogP contribution in [-0.4, -0.2) is 62.1 Å². The van der Waals surface area contributed by atoms with Crippen molar-refractivity contribution in [2.75, 3.05) is 29.4 Å². The Kier molecular flexibility index (Phi) is 7.18. The predicted molar refractivity (Wildman–Crippen MR) is 146 cm³/mol. The summed E-state index contributed by atoms with van der Waals surface area (Å²) in [6, 6.07) is 7.84. The number of rotatable bonds is 6. The van der Waals surface area contributed by atoms with Gasteiger partial charge in [0.25, 0.3) is 0 Å². The van der Waals surface area contributed by atoms with Gasteiger partial charge in [0.1, 0.15) is 35.4 Å². The number of ether oxygens (including phenoxy) is 2. The number of carbonyl (C=O) groups excluding carboxylic acids is 1. The molecular weight excluding hydrogens is 497 g/mol. The molecule has 0 radical (unpaired) electrons. The minimum Gasteiger partial charge on any atom is -0.486 e. The van der Waals surface area contributed by atoms with Crippen molar-refractivity contribution in [1.29, 1.82) is 0 Å². The van der Waals surface area contributed by atoms with Gasteiger partial charge in [0, 0.05) is 46.1 Å². The van der Waals surface area contributed by atoms with E-state index in [9.17, 15) is 13.4 Å². The van der Waals surface area contributed by atoms with Gasteiger partial charge in [-0.15, -0.1) is 0 Å². The molecule has 11 heteroatoms. The predicted octanol–water partition coefficient (Wildman–Crippen LogP) is 4.88. The number of nitrogens with one attached hydrogen (secondary N) is 2. The van der Waals surface area contributed by atoms with E-state index < -0.39 is 27.2 Å². The summed E-state index contributed by atoms with van der Waals surface area (Å²) in [6.07, 6.45) is 2.81. The molecule has 3 aromatic rings. The van der Waals surface area contributed by atoms with Gasteiger partial charge in [-0.25, -0.2) is 23.4 Å². The fourth-order valence-corrected chi connectivity index (χ4v) is 4.73.